The number of rotatable bonds is 3. The highest BCUT2D eigenvalue weighted by atomic mass is 16.4. The summed E-state index contributed by atoms with van der Waals surface area (Å²) in [6.07, 6.45) is 3.49. The molecule has 1 saturated carbocycles. The minimum atomic E-state index is -0.912. The third-order valence-corrected chi connectivity index (χ3v) is 4.74. The predicted octanol–water partition coefficient (Wildman–Crippen LogP) is 3.13. The van der Waals surface area contributed by atoms with E-state index in [0.29, 0.717) is 17.5 Å². The zero-order valence-electron chi connectivity index (χ0n) is 11.8. The number of carbonyl (C=O) groups is 1. The molecule has 0 aliphatic heterocycles. The first-order chi connectivity index (χ1) is 9.61. The predicted molar refractivity (Wildman–Crippen MR) is 75.7 cm³/mol. The molecule has 1 N–H and O–H groups in total. The van der Waals surface area contributed by atoms with Crippen LogP contribution < -0.4 is 0 Å². The molecule has 20 heavy (non-hydrogen) atoms. The lowest BCUT2D eigenvalue weighted by atomic mass is 9.93. The quantitative estimate of drug-likeness (QED) is 0.932. The Morgan fingerprint density at radius 3 is 2.90 bits per heavy atom. The van der Waals surface area contributed by atoms with Crippen molar-refractivity contribution in [2.75, 3.05) is 0 Å². The number of carboxylic acids is 1. The van der Waals surface area contributed by atoms with Crippen molar-refractivity contribution in [2.24, 2.45) is 11.8 Å². The van der Waals surface area contributed by atoms with Crippen LogP contribution in [0.25, 0.3) is 11.0 Å². The fourth-order valence-corrected chi connectivity index (χ4v) is 3.46. The number of hydrogen-bond donors (Lipinski definition) is 1. The van der Waals surface area contributed by atoms with Crippen LogP contribution in [0.3, 0.4) is 0 Å². The average Bonchev–Trinajstić information content (AvgIpc) is 3.01. The van der Waals surface area contributed by atoms with E-state index in [2.05, 4.69) is 24.2 Å². The Kier molecular flexibility index (Phi) is 3.20. The molecule has 5 nitrogen and oxygen atoms in total. The molecule has 1 aliphatic rings. The summed E-state index contributed by atoms with van der Waals surface area (Å²) in [6.45, 7) is 4.49. The minimum Gasteiger partial charge on any atom is -0.478 e. The molecule has 5 heteroatoms. The summed E-state index contributed by atoms with van der Waals surface area (Å²) in [7, 11) is 0. The Hall–Kier alpha value is -1.91. The lowest BCUT2D eigenvalue weighted by molar-refractivity contribution is 0.0697. The normalized spacial score (nSPS) is 26.2. The summed E-state index contributed by atoms with van der Waals surface area (Å²) in [4.78, 5) is 11.1. The molecule has 0 radical (unpaired) electrons. The molecule has 0 amide bonds. The smallest absolute Gasteiger partial charge is 0.335 e. The van der Waals surface area contributed by atoms with E-state index in [-0.39, 0.29) is 0 Å². The summed E-state index contributed by atoms with van der Waals surface area (Å²) in [5.41, 5.74) is 1.89. The molecular weight excluding hydrogens is 254 g/mol. The molecule has 0 saturated heterocycles. The fourth-order valence-electron chi connectivity index (χ4n) is 3.46. The van der Waals surface area contributed by atoms with E-state index in [1.807, 2.05) is 4.68 Å². The van der Waals surface area contributed by atoms with Gasteiger partial charge < -0.3 is 5.11 Å². The van der Waals surface area contributed by atoms with Crippen LogP contribution in [0.5, 0.6) is 0 Å². The molecule has 3 atom stereocenters. The van der Waals surface area contributed by atoms with Crippen molar-refractivity contribution in [3.63, 3.8) is 0 Å². The van der Waals surface area contributed by atoms with Crippen LogP contribution in [-0.2, 0) is 0 Å². The van der Waals surface area contributed by atoms with Gasteiger partial charge >= 0.3 is 5.97 Å². The summed E-state index contributed by atoms with van der Waals surface area (Å²) < 4.78 is 1.93. The fraction of sp³-hybridized carbons (Fsp3) is 0.533. The van der Waals surface area contributed by atoms with E-state index < -0.39 is 5.97 Å². The Balaban J connectivity index is 2.03. The van der Waals surface area contributed by atoms with Crippen molar-refractivity contribution in [1.29, 1.82) is 0 Å². The number of aromatic carboxylic acids is 1. The Morgan fingerprint density at radius 2 is 2.25 bits per heavy atom. The highest BCUT2D eigenvalue weighted by Crippen LogP contribution is 2.42. The second-order valence-corrected chi connectivity index (χ2v) is 5.71. The van der Waals surface area contributed by atoms with Gasteiger partial charge in [-0.05, 0) is 42.9 Å². The van der Waals surface area contributed by atoms with Crippen LogP contribution in [0, 0.1) is 11.8 Å². The van der Waals surface area contributed by atoms with Gasteiger partial charge in [-0.1, -0.05) is 25.5 Å². The third-order valence-electron chi connectivity index (χ3n) is 4.74. The molecule has 1 fully saturated rings. The van der Waals surface area contributed by atoms with Crippen molar-refractivity contribution < 1.29 is 9.90 Å². The van der Waals surface area contributed by atoms with Gasteiger partial charge in [0.15, 0.2) is 0 Å². The lowest BCUT2D eigenvalue weighted by Crippen LogP contribution is -2.16. The summed E-state index contributed by atoms with van der Waals surface area (Å²) >= 11 is 0. The Bertz CT molecular complexity index is 650. The molecule has 3 rings (SSSR count). The Labute approximate surface area is 117 Å². The van der Waals surface area contributed by atoms with Crippen molar-refractivity contribution >= 4 is 17.0 Å². The van der Waals surface area contributed by atoms with Gasteiger partial charge in [-0.25, -0.2) is 9.48 Å². The molecule has 0 spiro atoms. The molecule has 1 aliphatic carbocycles. The standard InChI is InChI=1S/C15H19N3O2/c1-3-10-5-7-13(9(10)2)18-14-8-11(15(19)20)4-6-12(14)16-17-18/h4,6,8-10,13H,3,5,7H2,1-2H3,(H,19,20). The highest BCUT2D eigenvalue weighted by Gasteiger charge is 2.34. The number of aromatic nitrogens is 3. The van der Waals surface area contributed by atoms with E-state index in [4.69, 9.17) is 5.11 Å². The third kappa shape index (κ3) is 1.97. The van der Waals surface area contributed by atoms with Gasteiger partial charge in [-0.15, -0.1) is 5.10 Å². The lowest BCUT2D eigenvalue weighted by Gasteiger charge is -2.20. The Morgan fingerprint density at radius 1 is 1.45 bits per heavy atom. The van der Waals surface area contributed by atoms with Crippen molar-refractivity contribution in [2.45, 2.75) is 39.2 Å². The van der Waals surface area contributed by atoms with Crippen molar-refractivity contribution in [3.8, 4) is 0 Å². The van der Waals surface area contributed by atoms with Crippen molar-refractivity contribution in [3.05, 3.63) is 23.8 Å². The second-order valence-electron chi connectivity index (χ2n) is 5.71. The van der Waals surface area contributed by atoms with Crippen LogP contribution in [0.1, 0.15) is 49.5 Å². The van der Waals surface area contributed by atoms with E-state index in [1.54, 1.807) is 18.2 Å². The molecule has 1 heterocycles. The van der Waals surface area contributed by atoms with Crippen LogP contribution in [-0.4, -0.2) is 26.1 Å². The topological polar surface area (TPSA) is 68.0 Å². The second kappa shape index (κ2) is 4.89. The maximum atomic E-state index is 11.1. The van der Waals surface area contributed by atoms with Gasteiger partial charge in [-0.3, -0.25) is 0 Å². The van der Waals surface area contributed by atoms with E-state index >= 15 is 0 Å². The number of hydrogen-bond acceptors (Lipinski definition) is 3. The summed E-state index contributed by atoms with van der Waals surface area (Å²) in [5.74, 6) is 0.367. The highest BCUT2D eigenvalue weighted by molar-refractivity contribution is 5.92. The number of carboxylic acid groups (broad SMARTS) is 1. The van der Waals surface area contributed by atoms with Gasteiger partial charge in [0.25, 0.3) is 0 Å². The maximum Gasteiger partial charge on any atom is 0.335 e. The first-order valence-electron chi connectivity index (χ1n) is 7.20. The zero-order valence-corrected chi connectivity index (χ0v) is 11.8. The largest absolute Gasteiger partial charge is 0.478 e. The zero-order chi connectivity index (χ0) is 14.3. The van der Waals surface area contributed by atoms with Gasteiger partial charge in [0.05, 0.1) is 17.1 Å². The van der Waals surface area contributed by atoms with Crippen LogP contribution >= 0.6 is 0 Å². The van der Waals surface area contributed by atoms with Crippen molar-refractivity contribution in [1.82, 2.24) is 15.0 Å². The number of nitrogens with zero attached hydrogens (tertiary/aromatic N) is 3. The van der Waals surface area contributed by atoms with Crippen LogP contribution in [0.2, 0.25) is 0 Å². The average molecular weight is 273 g/mol. The maximum absolute atomic E-state index is 11.1. The minimum absolute atomic E-state index is 0.291. The van der Waals surface area contributed by atoms with E-state index in [0.717, 1.165) is 23.4 Å². The number of fused-ring (bicyclic) bond motifs is 1. The number of benzene rings is 1. The molecule has 106 valence electrons. The molecule has 3 unspecified atom stereocenters. The molecule has 1 aromatic heterocycles. The molecule has 2 aromatic rings. The van der Waals surface area contributed by atoms with Crippen LogP contribution in [0.4, 0.5) is 0 Å². The van der Waals surface area contributed by atoms with E-state index in [9.17, 15) is 4.79 Å². The van der Waals surface area contributed by atoms with Gasteiger partial charge in [0.2, 0.25) is 0 Å². The first-order valence-corrected chi connectivity index (χ1v) is 7.20. The monoisotopic (exact) mass is 273 g/mol. The molecule has 1 aromatic carbocycles. The SMILES string of the molecule is CCC1CCC(n2nnc3ccc(C(=O)O)cc32)C1C. The van der Waals surface area contributed by atoms with Crippen LogP contribution in [0.15, 0.2) is 18.2 Å². The van der Waals surface area contributed by atoms with Gasteiger partial charge in [0, 0.05) is 0 Å². The first kappa shape index (κ1) is 13.1. The van der Waals surface area contributed by atoms with Gasteiger partial charge in [0.1, 0.15) is 5.52 Å². The summed E-state index contributed by atoms with van der Waals surface area (Å²) in [6, 6.07) is 5.33. The van der Waals surface area contributed by atoms with Gasteiger partial charge in [-0.2, -0.15) is 0 Å². The summed E-state index contributed by atoms with van der Waals surface area (Å²) in [5, 5.41) is 17.6. The molecular formula is C15H19N3O2. The molecule has 0 bridgehead atoms. The van der Waals surface area contributed by atoms with E-state index in [1.165, 1.54) is 12.8 Å².